The zero-order valence-electron chi connectivity index (χ0n) is 15.6. The third kappa shape index (κ3) is 5.62. The molecule has 0 radical (unpaired) electrons. The zero-order valence-corrected chi connectivity index (χ0v) is 18.0. The third-order valence-electron chi connectivity index (χ3n) is 3.42. The number of aromatic nitrogens is 2. The Kier molecular flexibility index (Phi) is 6.96. The standard InChI is InChI=1S/C15H19N5O5S3/c1-9(2)26-15-18-17-14(27-15)16-13(21)8-19(28(4,24)25)11-6-5-7-12(10(11)3)20(22)23/h5-7,9H,8H2,1-4H3,(H,16,17,21). The van der Waals surface area contributed by atoms with Crippen LogP contribution in [0.2, 0.25) is 0 Å². The van der Waals surface area contributed by atoms with Gasteiger partial charge in [-0.05, 0) is 13.0 Å². The molecule has 0 atom stereocenters. The molecule has 1 aromatic carbocycles. The lowest BCUT2D eigenvalue weighted by Gasteiger charge is -2.23. The minimum atomic E-state index is -3.87. The van der Waals surface area contributed by atoms with Gasteiger partial charge < -0.3 is 0 Å². The number of carbonyl (C=O) groups is 1. The molecule has 1 amide bonds. The summed E-state index contributed by atoms with van der Waals surface area (Å²) in [6.45, 7) is 4.88. The van der Waals surface area contributed by atoms with Crippen LogP contribution in [0, 0.1) is 17.0 Å². The van der Waals surface area contributed by atoms with Gasteiger partial charge in [0.15, 0.2) is 4.34 Å². The first-order valence-electron chi connectivity index (χ1n) is 8.00. The lowest BCUT2D eigenvalue weighted by atomic mass is 10.1. The predicted octanol–water partition coefficient (Wildman–Crippen LogP) is 2.66. The van der Waals surface area contributed by atoms with Crippen molar-refractivity contribution in [1.29, 1.82) is 0 Å². The number of hydrogen-bond donors (Lipinski definition) is 1. The molecule has 13 heteroatoms. The first kappa shape index (κ1) is 22.0. The van der Waals surface area contributed by atoms with E-state index in [2.05, 4.69) is 15.5 Å². The molecule has 2 aromatic rings. The van der Waals surface area contributed by atoms with Crippen molar-refractivity contribution in [3.05, 3.63) is 33.9 Å². The van der Waals surface area contributed by atoms with Crippen LogP contribution in [0.3, 0.4) is 0 Å². The number of thioether (sulfide) groups is 1. The minimum Gasteiger partial charge on any atom is -0.299 e. The highest BCUT2D eigenvalue weighted by Gasteiger charge is 2.26. The molecule has 0 spiro atoms. The molecule has 2 rings (SSSR count). The molecule has 0 aliphatic rings. The zero-order chi connectivity index (χ0) is 21.1. The molecule has 28 heavy (non-hydrogen) atoms. The van der Waals surface area contributed by atoms with Crippen molar-refractivity contribution in [3.8, 4) is 0 Å². The van der Waals surface area contributed by atoms with Gasteiger partial charge in [0, 0.05) is 11.3 Å². The van der Waals surface area contributed by atoms with E-state index in [-0.39, 0.29) is 22.1 Å². The molecule has 0 bridgehead atoms. The van der Waals surface area contributed by atoms with Gasteiger partial charge in [0.05, 0.1) is 22.4 Å². The summed E-state index contributed by atoms with van der Waals surface area (Å²) in [7, 11) is -3.87. The van der Waals surface area contributed by atoms with Crippen LogP contribution in [0.15, 0.2) is 22.5 Å². The van der Waals surface area contributed by atoms with Gasteiger partial charge >= 0.3 is 0 Å². The number of nitrogens with one attached hydrogen (secondary N) is 1. The molecule has 0 fully saturated rings. The number of carbonyl (C=O) groups excluding carboxylic acids is 1. The summed E-state index contributed by atoms with van der Waals surface area (Å²) in [5.74, 6) is -0.631. The van der Waals surface area contributed by atoms with Gasteiger partial charge in [-0.25, -0.2) is 8.42 Å². The van der Waals surface area contributed by atoms with E-state index in [1.807, 2.05) is 13.8 Å². The Bertz CT molecular complexity index is 990. The molecule has 152 valence electrons. The van der Waals surface area contributed by atoms with Crippen molar-refractivity contribution in [1.82, 2.24) is 10.2 Å². The van der Waals surface area contributed by atoms with Crippen LogP contribution in [-0.2, 0) is 14.8 Å². The number of amides is 1. The molecule has 1 heterocycles. The van der Waals surface area contributed by atoms with Gasteiger partial charge in [0.2, 0.25) is 21.1 Å². The average molecular weight is 446 g/mol. The summed E-state index contributed by atoms with van der Waals surface area (Å²) in [6, 6.07) is 4.06. The fourth-order valence-corrected chi connectivity index (χ4v) is 5.16. The second-order valence-corrected chi connectivity index (χ2v) is 10.7. The molecule has 0 saturated heterocycles. The van der Waals surface area contributed by atoms with E-state index in [0.717, 1.165) is 10.6 Å². The molecular formula is C15H19N5O5S3. The van der Waals surface area contributed by atoms with Gasteiger partial charge in [0.1, 0.15) is 6.54 Å². The van der Waals surface area contributed by atoms with E-state index in [1.54, 1.807) is 0 Å². The largest absolute Gasteiger partial charge is 0.299 e. The van der Waals surface area contributed by atoms with Crippen molar-refractivity contribution in [3.63, 3.8) is 0 Å². The maximum Gasteiger partial charge on any atom is 0.274 e. The molecule has 0 saturated carbocycles. The number of benzene rings is 1. The SMILES string of the molecule is Cc1c(N(CC(=O)Nc2nnc(SC(C)C)s2)S(C)(=O)=O)cccc1[N+](=O)[O-]. The van der Waals surface area contributed by atoms with Crippen molar-refractivity contribution in [2.24, 2.45) is 0 Å². The van der Waals surface area contributed by atoms with E-state index in [4.69, 9.17) is 0 Å². The quantitative estimate of drug-likeness (QED) is 0.283. The maximum absolute atomic E-state index is 12.4. The lowest BCUT2D eigenvalue weighted by Crippen LogP contribution is -2.38. The highest BCUT2D eigenvalue weighted by atomic mass is 32.2. The number of sulfonamides is 1. The summed E-state index contributed by atoms with van der Waals surface area (Å²) < 4.78 is 26.0. The number of anilines is 2. The van der Waals surface area contributed by atoms with E-state index in [0.29, 0.717) is 9.59 Å². The summed E-state index contributed by atoms with van der Waals surface area (Å²) in [5.41, 5.74) is -0.0107. The van der Waals surface area contributed by atoms with Crippen molar-refractivity contribution in [2.45, 2.75) is 30.4 Å². The maximum atomic E-state index is 12.4. The molecule has 1 aromatic heterocycles. The molecular weight excluding hydrogens is 426 g/mol. The van der Waals surface area contributed by atoms with Gasteiger partial charge in [-0.1, -0.05) is 43.0 Å². The third-order valence-corrected chi connectivity index (χ3v) is 6.47. The molecule has 0 unspecified atom stereocenters. The molecule has 1 N–H and O–H groups in total. The molecule has 0 aliphatic carbocycles. The first-order valence-corrected chi connectivity index (χ1v) is 11.5. The second kappa shape index (κ2) is 8.84. The fraction of sp³-hybridized carbons (Fsp3) is 0.400. The monoisotopic (exact) mass is 445 g/mol. The number of nitro benzene ring substituents is 1. The second-order valence-electron chi connectivity index (χ2n) is 6.04. The topological polar surface area (TPSA) is 135 Å². The summed E-state index contributed by atoms with van der Waals surface area (Å²) >= 11 is 2.67. The summed E-state index contributed by atoms with van der Waals surface area (Å²) in [4.78, 5) is 22.9. The Morgan fingerprint density at radius 1 is 1.39 bits per heavy atom. The first-order chi connectivity index (χ1) is 13.0. The Morgan fingerprint density at radius 2 is 2.07 bits per heavy atom. The highest BCUT2D eigenvalue weighted by molar-refractivity contribution is 8.01. The number of rotatable bonds is 8. The van der Waals surface area contributed by atoms with Crippen molar-refractivity contribution >= 4 is 55.5 Å². The van der Waals surface area contributed by atoms with Gasteiger partial charge in [-0.3, -0.25) is 24.5 Å². The van der Waals surface area contributed by atoms with Crippen LogP contribution in [0.1, 0.15) is 19.4 Å². The van der Waals surface area contributed by atoms with Gasteiger partial charge in [0.25, 0.3) is 5.69 Å². The number of nitro groups is 1. The fourth-order valence-electron chi connectivity index (χ4n) is 2.26. The highest BCUT2D eigenvalue weighted by Crippen LogP contribution is 2.30. The normalized spacial score (nSPS) is 11.5. The van der Waals surface area contributed by atoms with Crippen LogP contribution in [0.4, 0.5) is 16.5 Å². The van der Waals surface area contributed by atoms with Crippen LogP contribution < -0.4 is 9.62 Å². The number of hydrogen-bond acceptors (Lipinski definition) is 9. The van der Waals surface area contributed by atoms with Crippen molar-refractivity contribution in [2.75, 3.05) is 22.4 Å². The predicted molar refractivity (Wildman–Crippen MR) is 110 cm³/mol. The van der Waals surface area contributed by atoms with Crippen LogP contribution >= 0.6 is 23.1 Å². The van der Waals surface area contributed by atoms with E-state index < -0.39 is 27.4 Å². The average Bonchev–Trinajstić information content (AvgIpc) is 2.98. The van der Waals surface area contributed by atoms with Crippen LogP contribution in [-0.4, -0.2) is 47.5 Å². The van der Waals surface area contributed by atoms with E-state index >= 15 is 0 Å². The smallest absolute Gasteiger partial charge is 0.274 e. The van der Waals surface area contributed by atoms with Crippen molar-refractivity contribution < 1.29 is 18.1 Å². The Balaban J connectivity index is 2.24. The lowest BCUT2D eigenvalue weighted by molar-refractivity contribution is -0.385. The summed E-state index contributed by atoms with van der Waals surface area (Å²) in [5, 5.41) is 22.0. The van der Waals surface area contributed by atoms with Crippen LogP contribution in [0.25, 0.3) is 0 Å². The number of nitrogens with zero attached hydrogens (tertiary/aromatic N) is 4. The van der Waals surface area contributed by atoms with E-state index in [1.165, 1.54) is 48.2 Å². The Hall–Kier alpha value is -2.25. The van der Waals surface area contributed by atoms with Gasteiger partial charge in [-0.2, -0.15) is 0 Å². The van der Waals surface area contributed by atoms with Crippen LogP contribution in [0.5, 0.6) is 0 Å². The van der Waals surface area contributed by atoms with Gasteiger partial charge in [-0.15, -0.1) is 10.2 Å². The van der Waals surface area contributed by atoms with E-state index in [9.17, 15) is 23.3 Å². The Labute approximate surface area is 170 Å². The molecule has 0 aliphatic heterocycles. The minimum absolute atomic E-state index is 0.0696. The Morgan fingerprint density at radius 3 is 2.64 bits per heavy atom. The molecule has 10 nitrogen and oxygen atoms in total. The summed E-state index contributed by atoms with van der Waals surface area (Å²) in [6.07, 6.45) is 0.931.